The van der Waals surface area contributed by atoms with E-state index in [0.717, 1.165) is 34.9 Å². The van der Waals surface area contributed by atoms with Crippen molar-refractivity contribution >= 4 is 23.3 Å². The van der Waals surface area contributed by atoms with Gasteiger partial charge >= 0.3 is 0 Å². The molecule has 2 atom stereocenters. The van der Waals surface area contributed by atoms with E-state index in [9.17, 15) is 15.2 Å². The molecule has 1 aliphatic heterocycles. The highest BCUT2D eigenvalue weighted by Crippen LogP contribution is 2.39. The lowest BCUT2D eigenvalue weighted by molar-refractivity contribution is -0.384. The van der Waals surface area contributed by atoms with E-state index in [-0.39, 0.29) is 11.7 Å². The molecule has 1 heterocycles. The summed E-state index contributed by atoms with van der Waals surface area (Å²) in [4.78, 5) is 11.2. The summed E-state index contributed by atoms with van der Waals surface area (Å²) in [5.41, 5.74) is 2.53. The second kappa shape index (κ2) is 9.82. The van der Waals surface area contributed by atoms with E-state index in [2.05, 4.69) is 22.2 Å². The number of aliphatic hydroxyl groups excluding tert-OH is 1. The van der Waals surface area contributed by atoms with Crippen LogP contribution in [0.25, 0.3) is 0 Å². The number of benzene rings is 3. The Morgan fingerprint density at radius 1 is 1.06 bits per heavy atom. The van der Waals surface area contributed by atoms with Gasteiger partial charge in [0.15, 0.2) is 0 Å². The lowest BCUT2D eigenvalue weighted by Gasteiger charge is -2.42. The van der Waals surface area contributed by atoms with Crippen LogP contribution in [-0.4, -0.2) is 28.3 Å². The average molecular weight is 466 g/mol. The van der Waals surface area contributed by atoms with Crippen molar-refractivity contribution in [3.8, 4) is 5.75 Å². The molecule has 0 aliphatic carbocycles. The van der Waals surface area contributed by atoms with Crippen molar-refractivity contribution < 1.29 is 14.8 Å². The van der Waals surface area contributed by atoms with Crippen LogP contribution in [0, 0.1) is 10.1 Å². The molecule has 0 radical (unpaired) electrons. The molecule has 0 spiro atoms. The number of aliphatic hydroxyl groups is 1. The van der Waals surface area contributed by atoms with Crippen molar-refractivity contribution in [3.05, 3.63) is 94.0 Å². The molecule has 0 bridgehead atoms. The Balaban J connectivity index is 1.30. The fourth-order valence-electron chi connectivity index (χ4n) is 3.83. The summed E-state index contributed by atoms with van der Waals surface area (Å²) in [5.74, 6) is 0.811. The third-order valence-electron chi connectivity index (χ3n) is 5.72. The minimum Gasteiger partial charge on any atom is -0.485 e. The topological polar surface area (TPSA) is 96.7 Å². The molecule has 0 amide bonds. The predicted octanol–water partition coefficient (Wildman–Crippen LogP) is 5.12. The summed E-state index contributed by atoms with van der Waals surface area (Å²) in [7, 11) is 0. The highest BCUT2D eigenvalue weighted by atomic mass is 32.2. The normalized spacial score (nSPS) is 18.8. The Labute approximate surface area is 197 Å². The molecule has 0 fully saturated rings. The van der Waals surface area contributed by atoms with Gasteiger partial charge in [0.25, 0.3) is 5.69 Å². The Morgan fingerprint density at radius 3 is 2.45 bits per heavy atom. The van der Waals surface area contributed by atoms with Crippen molar-refractivity contribution in [2.24, 2.45) is 0 Å². The molecule has 2 unspecified atom stereocenters. The van der Waals surface area contributed by atoms with Crippen LogP contribution in [0.3, 0.4) is 0 Å². The van der Waals surface area contributed by atoms with Crippen LogP contribution >= 0.6 is 11.9 Å². The van der Waals surface area contributed by atoms with E-state index in [0.29, 0.717) is 0 Å². The van der Waals surface area contributed by atoms with Gasteiger partial charge in [-0.05, 0) is 74.7 Å². The van der Waals surface area contributed by atoms with E-state index in [1.807, 2.05) is 50.2 Å². The number of anilines is 1. The first-order valence-corrected chi connectivity index (χ1v) is 11.6. The number of nitro groups is 1. The molecule has 3 aromatic rings. The number of hydrogen-bond donors (Lipinski definition) is 3. The zero-order valence-corrected chi connectivity index (χ0v) is 19.3. The summed E-state index contributed by atoms with van der Waals surface area (Å²) >= 11 is 1.41. The van der Waals surface area contributed by atoms with Crippen LogP contribution in [0.4, 0.5) is 11.4 Å². The molecular weight excluding hydrogens is 438 g/mol. The van der Waals surface area contributed by atoms with Gasteiger partial charge < -0.3 is 19.9 Å². The van der Waals surface area contributed by atoms with Gasteiger partial charge in [-0.3, -0.25) is 10.1 Å². The number of nitrogens with one attached hydrogen (secondary N) is 2. The second-order valence-electron chi connectivity index (χ2n) is 8.52. The summed E-state index contributed by atoms with van der Waals surface area (Å²) in [6.45, 7) is 4.53. The lowest BCUT2D eigenvalue weighted by Crippen LogP contribution is -2.52. The van der Waals surface area contributed by atoms with Crippen LogP contribution in [0.5, 0.6) is 5.75 Å². The van der Waals surface area contributed by atoms with Gasteiger partial charge in [0.2, 0.25) is 0 Å². The second-order valence-corrected chi connectivity index (χ2v) is 9.40. The summed E-state index contributed by atoms with van der Waals surface area (Å²) in [6, 6.07) is 22.2. The quantitative estimate of drug-likeness (QED) is 0.241. The highest BCUT2D eigenvalue weighted by Gasteiger charge is 2.42. The average Bonchev–Trinajstić information content (AvgIpc) is 2.81. The minimum atomic E-state index is -0.666. The van der Waals surface area contributed by atoms with E-state index in [1.54, 1.807) is 12.1 Å². The fraction of sp³-hybridized carbons (Fsp3) is 0.280. The Hall–Kier alpha value is -3.07. The van der Waals surface area contributed by atoms with Crippen molar-refractivity contribution in [3.63, 3.8) is 0 Å². The van der Waals surface area contributed by atoms with Gasteiger partial charge in [-0.1, -0.05) is 30.3 Å². The van der Waals surface area contributed by atoms with E-state index >= 15 is 0 Å². The summed E-state index contributed by atoms with van der Waals surface area (Å²) < 4.78 is 9.24. The number of hydrogen-bond acceptors (Lipinski definition) is 7. The van der Waals surface area contributed by atoms with E-state index in [1.165, 1.54) is 29.6 Å². The molecule has 0 aromatic heterocycles. The monoisotopic (exact) mass is 465 g/mol. The number of non-ortho nitro benzene ring substituents is 1. The smallest absolute Gasteiger partial charge is 0.269 e. The Kier molecular flexibility index (Phi) is 6.88. The third kappa shape index (κ3) is 5.47. The fourth-order valence-corrected chi connectivity index (χ4v) is 4.48. The summed E-state index contributed by atoms with van der Waals surface area (Å²) in [6.07, 6.45) is 0.165. The molecule has 1 aliphatic rings. The standard InChI is InChI=1S/C25H27N3O4S/c1-25(2)24(29)23(21-5-3-4-6-22(21)32-25)26-16-15-17-7-9-18(10-8-17)27-33-20-13-11-19(12-14-20)28(30)31/h3-14,23-24,26-27,29H,15-16H2,1-2H3. The van der Waals surface area contributed by atoms with E-state index < -0.39 is 16.6 Å². The molecule has 3 N–H and O–H groups in total. The number of ether oxygens (including phenoxy) is 1. The number of rotatable bonds is 8. The molecule has 172 valence electrons. The van der Waals surface area contributed by atoms with E-state index in [4.69, 9.17) is 4.74 Å². The molecule has 8 heteroatoms. The maximum Gasteiger partial charge on any atom is 0.269 e. The van der Waals surface area contributed by atoms with Gasteiger partial charge in [-0.15, -0.1) is 0 Å². The number of nitro benzene ring substituents is 1. The maximum absolute atomic E-state index is 10.8. The number of para-hydroxylation sites is 1. The van der Waals surface area contributed by atoms with Crippen LogP contribution < -0.4 is 14.8 Å². The minimum absolute atomic E-state index is 0.0811. The molecular formula is C25H27N3O4S. The molecule has 0 saturated carbocycles. The predicted molar refractivity (Wildman–Crippen MR) is 131 cm³/mol. The molecule has 33 heavy (non-hydrogen) atoms. The van der Waals surface area contributed by atoms with Crippen molar-refractivity contribution in [1.29, 1.82) is 0 Å². The first-order valence-electron chi connectivity index (χ1n) is 10.8. The van der Waals surface area contributed by atoms with Gasteiger partial charge in [-0.2, -0.15) is 0 Å². The van der Waals surface area contributed by atoms with Gasteiger partial charge in [0, 0.05) is 28.3 Å². The van der Waals surface area contributed by atoms with Gasteiger partial charge in [0.1, 0.15) is 17.5 Å². The van der Waals surface area contributed by atoms with Gasteiger partial charge in [0.05, 0.1) is 11.0 Å². The van der Waals surface area contributed by atoms with Crippen molar-refractivity contribution in [2.75, 3.05) is 11.3 Å². The Bertz CT molecular complexity index is 1100. The van der Waals surface area contributed by atoms with Gasteiger partial charge in [-0.25, -0.2) is 0 Å². The highest BCUT2D eigenvalue weighted by molar-refractivity contribution is 8.00. The Morgan fingerprint density at radius 2 is 1.76 bits per heavy atom. The number of nitrogens with zero attached hydrogens (tertiary/aromatic N) is 1. The van der Waals surface area contributed by atoms with Crippen LogP contribution in [0.1, 0.15) is 31.0 Å². The summed E-state index contributed by atoms with van der Waals surface area (Å²) in [5, 5.41) is 25.1. The zero-order valence-electron chi connectivity index (χ0n) is 18.5. The largest absolute Gasteiger partial charge is 0.485 e. The first kappa shape index (κ1) is 23.1. The molecule has 4 rings (SSSR count). The van der Waals surface area contributed by atoms with Crippen molar-refractivity contribution in [1.82, 2.24) is 5.32 Å². The molecule has 0 saturated heterocycles. The number of fused-ring (bicyclic) bond motifs is 1. The van der Waals surface area contributed by atoms with Crippen LogP contribution in [0.15, 0.2) is 77.7 Å². The lowest BCUT2D eigenvalue weighted by atomic mass is 9.86. The van der Waals surface area contributed by atoms with Crippen LogP contribution in [0.2, 0.25) is 0 Å². The van der Waals surface area contributed by atoms with Crippen LogP contribution in [-0.2, 0) is 6.42 Å². The first-order chi connectivity index (χ1) is 15.8. The molecule has 7 nitrogen and oxygen atoms in total. The SMILES string of the molecule is CC1(C)Oc2ccccc2C(NCCc2ccc(NSc3ccc([N+](=O)[O-])cc3)cc2)C1O. The third-order valence-corrected chi connectivity index (χ3v) is 6.57. The van der Waals surface area contributed by atoms with Crippen molar-refractivity contribution in [2.45, 2.75) is 42.9 Å². The maximum atomic E-state index is 10.8. The zero-order chi connectivity index (χ0) is 23.4. The molecule has 3 aromatic carbocycles.